The molecule has 0 aliphatic carbocycles. The zero-order chi connectivity index (χ0) is 19.3. The van der Waals surface area contributed by atoms with Crippen LogP contribution in [0.3, 0.4) is 0 Å². The SMILES string of the molecule is Fc1ccc(Cn2nnnc2[C@@H](c2ccccc2F)N2CCCCCC2)cc1. The number of aromatic nitrogens is 4. The Balaban J connectivity index is 1.72. The van der Waals surface area contributed by atoms with E-state index in [4.69, 9.17) is 0 Å². The summed E-state index contributed by atoms with van der Waals surface area (Å²) in [5.74, 6) is 0.0684. The van der Waals surface area contributed by atoms with Gasteiger partial charge in [0.2, 0.25) is 0 Å². The normalized spacial score (nSPS) is 16.6. The first-order valence-electron chi connectivity index (χ1n) is 9.71. The number of nitrogens with zero attached hydrogens (tertiary/aromatic N) is 5. The van der Waals surface area contributed by atoms with Crippen molar-refractivity contribution in [2.75, 3.05) is 13.1 Å². The molecule has 2 aromatic carbocycles. The third-order valence-electron chi connectivity index (χ3n) is 5.26. The van der Waals surface area contributed by atoms with Crippen LogP contribution in [-0.4, -0.2) is 38.2 Å². The average molecular weight is 383 g/mol. The van der Waals surface area contributed by atoms with Crippen LogP contribution in [0.5, 0.6) is 0 Å². The maximum Gasteiger partial charge on any atom is 0.173 e. The summed E-state index contributed by atoms with van der Waals surface area (Å²) in [5, 5.41) is 12.3. The number of halogens is 2. The molecule has 0 saturated carbocycles. The summed E-state index contributed by atoms with van der Waals surface area (Å²) in [6.45, 7) is 2.16. The monoisotopic (exact) mass is 383 g/mol. The molecule has 1 atom stereocenters. The highest BCUT2D eigenvalue weighted by molar-refractivity contribution is 5.27. The third kappa shape index (κ3) is 4.09. The van der Waals surface area contributed by atoms with Gasteiger partial charge in [-0.05, 0) is 60.1 Å². The molecule has 3 aromatic rings. The predicted octanol–water partition coefficient (Wildman–Crippen LogP) is 3.97. The lowest BCUT2D eigenvalue weighted by molar-refractivity contribution is 0.218. The lowest BCUT2D eigenvalue weighted by Crippen LogP contribution is -2.33. The predicted molar refractivity (Wildman–Crippen MR) is 102 cm³/mol. The van der Waals surface area contributed by atoms with Gasteiger partial charge in [-0.3, -0.25) is 4.90 Å². The summed E-state index contributed by atoms with van der Waals surface area (Å²) < 4.78 is 29.7. The van der Waals surface area contributed by atoms with E-state index in [1.807, 2.05) is 12.1 Å². The molecule has 4 rings (SSSR count). The van der Waals surface area contributed by atoms with Gasteiger partial charge < -0.3 is 0 Å². The smallest absolute Gasteiger partial charge is 0.173 e. The van der Waals surface area contributed by atoms with Crippen molar-refractivity contribution in [3.05, 3.63) is 77.1 Å². The van der Waals surface area contributed by atoms with Crippen molar-refractivity contribution in [2.24, 2.45) is 0 Å². The lowest BCUT2D eigenvalue weighted by Gasteiger charge is -2.30. The summed E-state index contributed by atoms with van der Waals surface area (Å²) in [6, 6.07) is 12.7. The minimum absolute atomic E-state index is 0.256. The van der Waals surface area contributed by atoms with Crippen molar-refractivity contribution in [3.8, 4) is 0 Å². The number of hydrogen-bond acceptors (Lipinski definition) is 4. The van der Waals surface area contributed by atoms with E-state index in [-0.39, 0.29) is 17.7 Å². The molecule has 0 amide bonds. The Morgan fingerprint density at radius 1 is 0.893 bits per heavy atom. The Kier molecular flexibility index (Phi) is 5.71. The molecule has 0 spiro atoms. The van der Waals surface area contributed by atoms with E-state index in [1.165, 1.54) is 31.0 Å². The van der Waals surface area contributed by atoms with Crippen LogP contribution in [0, 0.1) is 11.6 Å². The first kappa shape index (κ1) is 18.7. The molecule has 0 radical (unpaired) electrons. The standard InChI is InChI=1S/C21H23F2N5/c22-17-11-9-16(10-12-17)15-28-21(24-25-26-28)20(18-7-3-4-8-19(18)23)27-13-5-1-2-6-14-27/h3-4,7-12,20H,1-2,5-6,13-15H2/t20-/m1/s1. The van der Waals surface area contributed by atoms with E-state index in [2.05, 4.69) is 20.4 Å². The maximum absolute atomic E-state index is 14.7. The van der Waals surface area contributed by atoms with Gasteiger partial charge in [0.15, 0.2) is 5.82 Å². The summed E-state index contributed by atoms with van der Waals surface area (Å²) >= 11 is 0. The first-order chi connectivity index (χ1) is 13.7. The quantitative estimate of drug-likeness (QED) is 0.669. The molecule has 146 valence electrons. The number of likely N-dealkylation sites (tertiary alicyclic amines) is 1. The summed E-state index contributed by atoms with van der Waals surface area (Å²) in [6.07, 6.45) is 4.51. The molecule has 1 aliphatic heterocycles. The lowest BCUT2D eigenvalue weighted by atomic mass is 10.0. The highest BCUT2D eigenvalue weighted by atomic mass is 19.1. The van der Waals surface area contributed by atoms with Crippen LogP contribution in [0.25, 0.3) is 0 Å². The van der Waals surface area contributed by atoms with Crippen LogP contribution < -0.4 is 0 Å². The summed E-state index contributed by atoms with van der Waals surface area (Å²) in [7, 11) is 0. The fourth-order valence-electron chi connectivity index (χ4n) is 3.83. The minimum atomic E-state index is -0.352. The topological polar surface area (TPSA) is 46.8 Å². The average Bonchev–Trinajstić information content (AvgIpc) is 2.97. The molecule has 0 bridgehead atoms. The molecule has 7 heteroatoms. The van der Waals surface area contributed by atoms with E-state index in [9.17, 15) is 8.78 Å². The van der Waals surface area contributed by atoms with Gasteiger partial charge in [-0.15, -0.1) is 5.10 Å². The van der Waals surface area contributed by atoms with Gasteiger partial charge in [-0.25, -0.2) is 13.5 Å². The number of rotatable bonds is 5. The largest absolute Gasteiger partial charge is 0.290 e. The van der Waals surface area contributed by atoms with Crippen molar-refractivity contribution in [1.29, 1.82) is 0 Å². The van der Waals surface area contributed by atoms with Crippen LogP contribution >= 0.6 is 0 Å². The van der Waals surface area contributed by atoms with Crippen molar-refractivity contribution in [1.82, 2.24) is 25.1 Å². The molecule has 1 aromatic heterocycles. The van der Waals surface area contributed by atoms with Gasteiger partial charge >= 0.3 is 0 Å². The number of tetrazole rings is 1. The maximum atomic E-state index is 14.7. The molecule has 2 heterocycles. The van der Waals surface area contributed by atoms with E-state index in [1.54, 1.807) is 22.9 Å². The minimum Gasteiger partial charge on any atom is -0.290 e. The van der Waals surface area contributed by atoms with Crippen LogP contribution in [-0.2, 0) is 6.54 Å². The van der Waals surface area contributed by atoms with Gasteiger partial charge in [-0.2, -0.15) is 0 Å². The van der Waals surface area contributed by atoms with Crippen LogP contribution in [0.1, 0.15) is 48.7 Å². The van der Waals surface area contributed by atoms with Gasteiger partial charge in [0, 0.05) is 5.56 Å². The van der Waals surface area contributed by atoms with Crippen LogP contribution in [0.15, 0.2) is 48.5 Å². The number of benzene rings is 2. The summed E-state index contributed by atoms with van der Waals surface area (Å²) in [5.41, 5.74) is 1.47. The molecular formula is C21H23F2N5. The van der Waals surface area contributed by atoms with E-state index in [0.29, 0.717) is 17.9 Å². The van der Waals surface area contributed by atoms with Gasteiger partial charge in [0.05, 0.1) is 6.54 Å². The third-order valence-corrected chi connectivity index (χ3v) is 5.26. The molecule has 28 heavy (non-hydrogen) atoms. The van der Waals surface area contributed by atoms with Crippen molar-refractivity contribution >= 4 is 0 Å². The highest BCUT2D eigenvalue weighted by Gasteiger charge is 2.30. The van der Waals surface area contributed by atoms with Crippen LogP contribution in [0.2, 0.25) is 0 Å². The fourth-order valence-corrected chi connectivity index (χ4v) is 3.83. The molecule has 5 nitrogen and oxygen atoms in total. The van der Waals surface area contributed by atoms with Crippen molar-refractivity contribution in [2.45, 2.75) is 38.3 Å². The van der Waals surface area contributed by atoms with Crippen molar-refractivity contribution < 1.29 is 8.78 Å². The zero-order valence-electron chi connectivity index (χ0n) is 15.6. The molecular weight excluding hydrogens is 360 g/mol. The fraction of sp³-hybridized carbons (Fsp3) is 0.381. The van der Waals surface area contributed by atoms with Gasteiger partial charge in [-0.1, -0.05) is 43.2 Å². The van der Waals surface area contributed by atoms with Crippen LogP contribution in [0.4, 0.5) is 8.78 Å². The van der Waals surface area contributed by atoms with E-state index in [0.717, 1.165) is 31.5 Å². The second-order valence-corrected chi connectivity index (χ2v) is 7.20. The molecule has 1 saturated heterocycles. The Morgan fingerprint density at radius 2 is 1.61 bits per heavy atom. The second kappa shape index (κ2) is 8.56. The van der Waals surface area contributed by atoms with Gasteiger partial charge in [0.1, 0.15) is 17.7 Å². The molecule has 0 unspecified atom stereocenters. The highest BCUT2D eigenvalue weighted by Crippen LogP contribution is 2.31. The second-order valence-electron chi connectivity index (χ2n) is 7.20. The molecule has 1 fully saturated rings. The van der Waals surface area contributed by atoms with E-state index < -0.39 is 0 Å². The Morgan fingerprint density at radius 3 is 2.32 bits per heavy atom. The number of hydrogen-bond donors (Lipinski definition) is 0. The zero-order valence-corrected chi connectivity index (χ0v) is 15.6. The Bertz CT molecular complexity index is 901. The Hall–Kier alpha value is -2.67. The first-order valence-corrected chi connectivity index (χ1v) is 9.71. The Labute approximate surface area is 163 Å². The van der Waals surface area contributed by atoms with Gasteiger partial charge in [0.25, 0.3) is 0 Å². The van der Waals surface area contributed by atoms with Crippen molar-refractivity contribution in [3.63, 3.8) is 0 Å². The molecule has 0 N–H and O–H groups in total. The van der Waals surface area contributed by atoms with E-state index >= 15 is 0 Å². The molecule has 1 aliphatic rings. The summed E-state index contributed by atoms with van der Waals surface area (Å²) in [4.78, 5) is 2.28.